The molecule has 0 saturated heterocycles. The summed E-state index contributed by atoms with van der Waals surface area (Å²) >= 11 is 1.68. The first-order chi connectivity index (χ1) is 11.1. The SMILES string of the molecule is CN=C(NCCc1ccc(OC)cc1)N(C)Cc1csc(C)n1. The molecule has 0 aliphatic carbocycles. The molecule has 0 bridgehead atoms. The topological polar surface area (TPSA) is 49.8 Å². The molecule has 1 aromatic carbocycles. The highest BCUT2D eigenvalue weighted by Crippen LogP contribution is 2.12. The van der Waals surface area contributed by atoms with E-state index in [2.05, 4.69) is 37.7 Å². The van der Waals surface area contributed by atoms with Crippen LogP contribution in [0.15, 0.2) is 34.6 Å². The number of benzene rings is 1. The highest BCUT2D eigenvalue weighted by Gasteiger charge is 2.08. The van der Waals surface area contributed by atoms with Gasteiger partial charge in [-0.25, -0.2) is 4.98 Å². The Morgan fingerprint density at radius 1 is 1.35 bits per heavy atom. The zero-order valence-electron chi connectivity index (χ0n) is 14.2. The summed E-state index contributed by atoms with van der Waals surface area (Å²) in [7, 11) is 5.51. The zero-order chi connectivity index (χ0) is 16.7. The van der Waals surface area contributed by atoms with Crippen molar-refractivity contribution in [2.24, 2.45) is 4.99 Å². The molecule has 0 radical (unpaired) electrons. The highest BCUT2D eigenvalue weighted by molar-refractivity contribution is 7.09. The lowest BCUT2D eigenvalue weighted by atomic mass is 10.1. The fraction of sp³-hybridized carbons (Fsp3) is 0.412. The standard InChI is InChI=1S/C17H24N4OS/c1-13-20-15(12-23-13)11-21(3)17(18-2)19-10-9-14-5-7-16(22-4)8-6-14/h5-8,12H,9-11H2,1-4H3,(H,18,19). The van der Waals surface area contributed by atoms with Gasteiger partial charge in [0.2, 0.25) is 0 Å². The molecule has 1 heterocycles. The third kappa shape index (κ3) is 5.25. The van der Waals surface area contributed by atoms with E-state index < -0.39 is 0 Å². The normalized spacial score (nSPS) is 11.4. The fourth-order valence-corrected chi connectivity index (χ4v) is 2.90. The number of aliphatic imine (C=N–C) groups is 1. The molecule has 23 heavy (non-hydrogen) atoms. The monoisotopic (exact) mass is 332 g/mol. The summed E-state index contributed by atoms with van der Waals surface area (Å²) in [5, 5.41) is 6.58. The van der Waals surface area contributed by atoms with E-state index in [4.69, 9.17) is 4.74 Å². The van der Waals surface area contributed by atoms with Crippen LogP contribution in [0.25, 0.3) is 0 Å². The smallest absolute Gasteiger partial charge is 0.193 e. The Kier molecular flexibility index (Phi) is 6.40. The minimum atomic E-state index is 0.756. The van der Waals surface area contributed by atoms with Crippen molar-refractivity contribution in [1.82, 2.24) is 15.2 Å². The Bertz CT molecular complexity index is 636. The first-order valence-corrected chi connectivity index (χ1v) is 8.46. The summed E-state index contributed by atoms with van der Waals surface area (Å²) in [6, 6.07) is 8.15. The van der Waals surface area contributed by atoms with Crippen molar-refractivity contribution in [1.29, 1.82) is 0 Å². The van der Waals surface area contributed by atoms with Crippen LogP contribution in [-0.2, 0) is 13.0 Å². The van der Waals surface area contributed by atoms with E-state index in [9.17, 15) is 0 Å². The quantitative estimate of drug-likeness (QED) is 0.653. The molecule has 1 N–H and O–H groups in total. The number of aromatic nitrogens is 1. The van der Waals surface area contributed by atoms with E-state index in [1.807, 2.05) is 26.1 Å². The van der Waals surface area contributed by atoms with Gasteiger partial charge in [-0.1, -0.05) is 12.1 Å². The zero-order valence-corrected chi connectivity index (χ0v) is 15.0. The first kappa shape index (κ1) is 17.3. The molecule has 0 amide bonds. The molecule has 2 aromatic rings. The van der Waals surface area contributed by atoms with Crippen LogP contribution in [0.2, 0.25) is 0 Å². The van der Waals surface area contributed by atoms with Crippen molar-refractivity contribution >= 4 is 17.3 Å². The molecule has 0 aliphatic rings. The minimum Gasteiger partial charge on any atom is -0.497 e. The largest absolute Gasteiger partial charge is 0.497 e. The molecule has 6 heteroatoms. The molecule has 0 aliphatic heterocycles. The predicted molar refractivity (Wildman–Crippen MR) is 96.4 cm³/mol. The van der Waals surface area contributed by atoms with Gasteiger partial charge in [0.1, 0.15) is 5.75 Å². The second-order valence-electron chi connectivity index (χ2n) is 5.29. The van der Waals surface area contributed by atoms with Gasteiger partial charge in [0.05, 0.1) is 24.4 Å². The number of hydrogen-bond acceptors (Lipinski definition) is 4. The third-order valence-corrected chi connectivity index (χ3v) is 4.32. The molecular weight excluding hydrogens is 308 g/mol. The van der Waals surface area contributed by atoms with Crippen molar-refractivity contribution in [2.45, 2.75) is 19.9 Å². The molecule has 124 valence electrons. The summed E-state index contributed by atoms with van der Waals surface area (Å²) < 4.78 is 5.17. The highest BCUT2D eigenvalue weighted by atomic mass is 32.1. The second kappa shape index (κ2) is 8.53. The number of guanidine groups is 1. The van der Waals surface area contributed by atoms with Crippen LogP contribution in [0.1, 0.15) is 16.3 Å². The maximum atomic E-state index is 5.17. The Hall–Kier alpha value is -2.08. The van der Waals surface area contributed by atoms with Crippen LogP contribution in [0.4, 0.5) is 0 Å². The maximum Gasteiger partial charge on any atom is 0.193 e. The molecule has 0 unspecified atom stereocenters. The average molecular weight is 332 g/mol. The summed E-state index contributed by atoms with van der Waals surface area (Å²) in [5.74, 6) is 1.76. The summed E-state index contributed by atoms with van der Waals surface area (Å²) in [4.78, 5) is 10.9. The van der Waals surface area contributed by atoms with Gasteiger partial charge in [-0.05, 0) is 31.0 Å². The summed E-state index contributed by atoms with van der Waals surface area (Å²) in [6.45, 7) is 3.61. The van der Waals surface area contributed by atoms with E-state index in [0.717, 1.165) is 41.9 Å². The molecule has 0 atom stereocenters. The van der Waals surface area contributed by atoms with Gasteiger partial charge in [-0.2, -0.15) is 0 Å². The number of methoxy groups -OCH3 is 1. The number of ether oxygens (including phenoxy) is 1. The Balaban J connectivity index is 1.81. The molecule has 2 rings (SSSR count). The van der Waals surface area contributed by atoms with Crippen LogP contribution < -0.4 is 10.1 Å². The van der Waals surface area contributed by atoms with Crippen LogP contribution in [0, 0.1) is 6.92 Å². The van der Waals surface area contributed by atoms with Gasteiger partial charge < -0.3 is 15.0 Å². The van der Waals surface area contributed by atoms with Crippen molar-refractivity contribution in [3.05, 3.63) is 45.9 Å². The molecule has 0 saturated carbocycles. The number of hydrogen-bond donors (Lipinski definition) is 1. The maximum absolute atomic E-state index is 5.17. The number of thiazole rings is 1. The van der Waals surface area contributed by atoms with Gasteiger partial charge in [-0.15, -0.1) is 11.3 Å². The molecule has 0 spiro atoms. The van der Waals surface area contributed by atoms with Crippen molar-refractivity contribution in [3.63, 3.8) is 0 Å². The molecule has 5 nitrogen and oxygen atoms in total. The van der Waals surface area contributed by atoms with Gasteiger partial charge in [0.25, 0.3) is 0 Å². The Morgan fingerprint density at radius 2 is 2.09 bits per heavy atom. The Morgan fingerprint density at radius 3 is 2.65 bits per heavy atom. The summed E-state index contributed by atoms with van der Waals surface area (Å²) in [6.07, 6.45) is 0.937. The Labute approximate surface area is 142 Å². The number of nitrogens with zero attached hydrogens (tertiary/aromatic N) is 3. The van der Waals surface area contributed by atoms with Crippen molar-refractivity contribution in [2.75, 3.05) is 27.7 Å². The van der Waals surface area contributed by atoms with Crippen LogP contribution in [-0.4, -0.2) is 43.6 Å². The van der Waals surface area contributed by atoms with Gasteiger partial charge in [0.15, 0.2) is 5.96 Å². The van der Waals surface area contributed by atoms with Gasteiger partial charge in [0, 0.05) is 26.0 Å². The van der Waals surface area contributed by atoms with E-state index >= 15 is 0 Å². The number of aryl methyl sites for hydroxylation is 1. The number of rotatable bonds is 6. The average Bonchev–Trinajstić information content (AvgIpc) is 2.97. The van der Waals surface area contributed by atoms with Crippen LogP contribution >= 0.6 is 11.3 Å². The second-order valence-corrected chi connectivity index (χ2v) is 6.35. The van der Waals surface area contributed by atoms with E-state index in [1.165, 1.54) is 5.56 Å². The minimum absolute atomic E-state index is 0.756. The molecular formula is C17H24N4OS. The third-order valence-electron chi connectivity index (χ3n) is 3.49. The van der Waals surface area contributed by atoms with Gasteiger partial charge in [-0.3, -0.25) is 4.99 Å². The van der Waals surface area contributed by atoms with Crippen molar-refractivity contribution < 1.29 is 4.74 Å². The lowest BCUT2D eigenvalue weighted by Gasteiger charge is -2.21. The predicted octanol–water partition coefficient (Wildman–Crippen LogP) is 2.71. The lowest BCUT2D eigenvalue weighted by molar-refractivity contribution is 0.414. The van der Waals surface area contributed by atoms with Gasteiger partial charge >= 0.3 is 0 Å². The molecule has 1 aromatic heterocycles. The summed E-state index contributed by atoms with van der Waals surface area (Å²) in [5.41, 5.74) is 2.35. The van der Waals surface area contributed by atoms with Crippen LogP contribution in [0.5, 0.6) is 5.75 Å². The molecule has 0 fully saturated rings. The van der Waals surface area contributed by atoms with Crippen molar-refractivity contribution in [3.8, 4) is 5.75 Å². The fourth-order valence-electron chi connectivity index (χ4n) is 2.29. The number of nitrogens with one attached hydrogen (secondary N) is 1. The van der Waals surface area contributed by atoms with Crippen LogP contribution in [0.3, 0.4) is 0 Å². The van der Waals surface area contributed by atoms with E-state index in [1.54, 1.807) is 25.5 Å². The lowest BCUT2D eigenvalue weighted by Crippen LogP contribution is -2.39. The van der Waals surface area contributed by atoms with E-state index in [-0.39, 0.29) is 0 Å². The first-order valence-electron chi connectivity index (χ1n) is 7.58. The van der Waals surface area contributed by atoms with E-state index in [0.29, 0.717) is 0 Å².